The van der Waals surface area contributed by atoms with E-state index in [1.54, 1.807) is 6.07 Å². The van der Waals surface area contributed by atoms with Crippen molar-refractivity contribution in [3.63, 3.8) is 0 Å². The maximum Gasteiger partial charge on any atom is 0.251 e. The minimum Gasteiger partial charge on any atom is -0.495 e. The molecule has 6 nitrogen and oxygen atoms in total. The Morgan fingerprint density at radius 2 is 1.53 bits per heavy atom. The monoisotopic (exact) mass is 424 g/mol. The number of methoxy groups -OCH3 is 1. The van der Waals surface area contributed by atoms with Gasteiger partial charge in [-0.2, -0.15) is 0 Å². The van der Waals surface area contributed by atoms with Gasteiger partial charge in [-0.15, -0.1) is 0 Å². The third-order valence-corrected chi connectivity index (χ3v) is 5.99. The van der Waals surface area contributed by atoms with Crippen LogP contribution in [-0.4, -0.2) is 28.0 Å². The lowest BCUT2D eigenvalue weighted by Gasteiger charge is -2.13. The summed E-state index contributed by atoms with van der Waals surface area (Å²) in [5.74, 6) is -0.163. The molecule has 0 heterocycles. The van der Waals surface area contributed by atoms with E-state index in [1.165, 1.54) is 19.2 Å². The smallest absolute Gasteiger partial charge is 0.251 e. The van der Waals surface area contributed by atoms with Crippen molar-refractivity contribution in [2.24, 2.45) is 0 Å². The van der Waals surface area contributed by atoms with Crippen LogP contribution in [0.2, 0.25) is 0 Å². The minimum atomic E-state index is -3.88. The molecule has 0 aromatic heterocycles. The second-order valence-corrected chi connectivity index (χ2v) is 8.40. The van der Waals surface area contributed by atoms with Crippen LogP contribution in [0.1, 0.15) is 21.5 Å². The van der Waals surface area contributed by atoms with Crippen molar-refractivity contribution in [2.45, 2.75) is 17.9 Å². The number of hydrogen-bond donors (Lipinski definition) is 2. The van der Waals surface area contributed by atoms with Crippen LogP contribution in [0.5, 0.6) is 5.75 Å². The van der Waals surface area contributed by atoms with Gasteiger partial charge in [-0.1, -0.05) is 60.7 Å². The zero-order valence-corrected chi connectivity index (χ0v) is 17.5. The first kappa shape index (κ1) is 21.5. The summed E-state index contributed by atoms with van der Waals surface area (Å²) in [6.45, 7) is 0.586. The predicted octanol–water partition coefficient (Wildman–Crippen LogP) is 3.15. The van der Waals surface area contributed by atoms with Crippen LogP contribution in [0.25, 0.3) is 0 Å². The van der Waals surface area contributed by atoms with E-state index in [0.29, 0.717) is 13.0 Å². The fourth-order valence-electron chi connectivity index (χ4n) is 2.95. The molecule has 2 N–H and O–H groups in total. The normalized spacial score (nSPS) is 11.1. The van der Waals surface area contributed by atoms with Crippen LogP contribution >= 0.6 is 0 Å². The zero-order chi connectivity index (χ0) is 21.4. The van der Waals surface area contributed by atoms with Gasteiger partial charge in [-0.25, -0.2) is 13.1 Å². The Labute approximate surface area is 177 Å². The highest BCUT2D eigenvalue weighted by Crippen LogP contribution is 2.25. The van der Waals surface area contributed by atoms with Crippen LogP contribution in [-0.2, 0) is 23.0 Å². The molecule has 3 aromatic carbocycles. The standard InChI is InChI=1S/C23H24N2O4S/c1-29-21-13-12-20(23(26)24-15-14-18-8-4-2-5-9-18)16-22(21)30(27,28)25-17-19-10-6-3-7-11-19/h2-13,16,25H,14-15,17H2,1H3,(H,24,26). The van der Waals surface area contributed by atoms with Crippen LogP contribution < -0.4 is 14.8 Å². The third-order valence-electron chi connectivity index (χ3n) is 4.57. The number of amides is 1. The van der Waals surface area contributed by atoms with E-state index in [0.717, 1.165) is 11.1 Å². The Hall–Kier alpha value is -3.16. The maximum atomic E-state index is 12.8. The molecule has 0 spiro atoms. The summed E-state index contributed by atoms with van der Waals surface area (Å²) < 4.78 is 33.4. The average Bonchev–Trinajstić information content (AvgIpc) is 2.78. The molecule has 0 unspecified atom stereocenters. The van der Waals surface area contributed by atoms with Crippen LogP contribution in [0.4, 0.5) is 0 Å². The lowest BCUT2D eigenvalue weighted by atomic mass is 10.1. The topological polar surface area (TPSA) is 84.5 Å². The van der Waals surface area contributed by atoms with E-state index in [9.17, 15) is 13.2 Å². The molecule has 0 fully saturated rings. The fourth-order valence-corrected chi connectivity index (χ4v) is 4.16. The summed E-state index contributed by atoms with van der Waals surface area (Å²) in [6.07, 6.45) is 0.687. The van der Waals surface area contributed by atoms with Crippen molar-refractivity contribution in [2.75, 3.05) is 13.7 Å². The molecular formula is C23H24N2O4S. The van der Waals surface area contributed by atoms with Gasteiger partial charge >= 0.3 is 0 Å². The third kappa shape index (κ3) is 5.68. The highest BCUT2D eigenvalue weighted by molar-refractivity contribution is 7.89. The van der Waals surface area contributed by atoms with Gasteiger partial charge in [0.1, 0.15) is 10.6 Å². The summed E-state index contributed by atoms with van der Waals surface area (Å²) in [6, 6.07) is 23.4. The van der Waals surface area contributed by atoms with E-state index in [4.69, 9.17) is 4.74 Å². The number of benzene rings is 3. The minimum absolute atomic E-state index is 0.0726. The van der Waals surface area contributed by atoms with Crippen molar-refractivity contribution in [1.29, 1.82) is 0 Å². The van der Waals surface area contributed by atoms with Crippen LogP contribution in [0, 0.1) is 0 Å². The molecule has 3 aromatic rings. The van der Waals surface area contributed by atoms with E-state index in [2.05, 4.69) is 10.0 Å². The zero-order valence-electron chi connectivity index (χ0n) is 16.7. The van der Waals surface area contributed by atoms with Gasteiger partial charge in [0.15, 0.2) is 0 Å². The van der Waals surface area contributed by atoms with Gasteiger partial charge in [-0.05, 0) is 35.7 Å². The molecule has 7 heteroatoms. The average molecular weight is 425 g/mol. The second kappa shape index (κ2) is 10.0. The number of carbonyl (C=O) groups is 1. The number of hydrogen-bond acceptors (Lipinski definition) is 4. The van der Waals surface area contributed by atoms with Gasteiger partial charge in [0.25, 0.3) is 5.91 Å². The Bertz CT molecular complexity index is 1080. The van der Waals surface area contributed by atoms with E-state index in [-0.39, 0.29) is 28.7 Å². The van der Waals surface area contributed by atoms with Crippen LogP contribution in [0.3, 0.4) is 0 Å². The number of carbonyl (C=O) groups excluding carboxylic acids is 1. The van der Waals surface area contributed by atoms with Gasteiger partial charge in [0, 0.05) is 18.7 Å². The quantitative estimate of drug-likeness (QED) is 0.553. The molecule has 30 heavy (non-hydrogen) atoms. The van der Waals surface area contributed by atoms with E-state index in [1.807, 2.05) is 60.7 Å². The Morgan fingerprint density at radius 1 is 0.900 bits per heavy atom. The summed E-state index contributed by atoms with van der Waals surface area (Å²) in [4.78, 5) is 12.5. The predicted molar refractivity (Wildman–Crippen MR) is 116 cm³/mol. The fraction of sp³-hybridized carbons (Fsp3) is 0.174. The first-order valence-corrected chi connectivity index (χ1v) is 11.0. The molecule has 0 saturated heterocycles. The lowest BCUT2D eigenvalue weighted by molar-refractivity contribution is 0.0954. The Kier molecular flexibility index (Phi) is 7.21. The molecule has 0 saturated carbocycles. The molecule has 0 aliphatic carbocycles. The summed E-state index contributed by atoms with van der Waals surface area (Å²) in [5.41, 5.74) is 2.19. The number of ether oxygens (including phenoxy) is 1. The Morgan fingerprint density at radius 3 is 2.17 bits per heavy atom. The summed E-state index contributed by atoms with van der Waals surface area (Å²) >= 11 is 0. The van der Waals surface area contributed by atoms with Gasteiger partial charge in [0.2, 0.25) is 10.0 Å². The number of nitrogens with one attached hydrogen (secondary N) is 2. The molecule has 3 rings (SSSR count). The highest BCUT2D eigenvalue weighted by atomic mass is 32.2. The highest BCUT2D eigenvalue weighted by Gasteiger charge is 2.21. The SMILES string of the molecule is COc1ccc(C(=O)NCCc2ccccc2)cc1S(=O)(=O)NCc1ccccc1. The summed E-state index contributed by atoms with van der Waals surface area (Å²) in [5, 5.41) is 2.83. The van der Waals surface area contributed by atoms with E-state index >= 15 is 0 Å². The number of sulfonamides is 1. The summed E-state index contributed by atoms with van der Waals surface area (Å²) in [7, 11) is -2.48. The molecule has 0 aliphatic rings. The molecular weight excluding hydrogens is 400 g/mol. The molecule has 0 radical (unpaired) electrons. The molecule has 1 amide bonds. The van der Waals surface area contributed by atoms with Gasteiger partial charge < -0.3 is 10.1 Å². The maximum absolute atomic E-state index is 12.8. The van der Waals surface area contributed by atoms with Crippen molar-refractivity contribution in [3.8, 4) is 5.75 Å². The van der Waals surface area contributed by atoms with Crippen molar-refractivity contribution < 1.29 is 17.9 Å². The molecule has 0 bridgehead atoms. The van der Waals surface area contributed by atoms with Crippen molar-refractivity contribution >= 4 is 15.9 Å². The first-order valence-electron chi connectivity index (χ1n) is 9.53. The van der Waals surface area contributed by atoms with Crippen molar-refractivity contribution in [1.82, 2.24) is 10.0 Å². The second-order valence-electron chi connectivity index (χ2n) is 6.67. The van der Waals surface area contributed by atoms with Gasteiger partial charge in [0.05, 0.1) is 7.11 Å². The molecule has 0 aliphatic heterocycles. The van der Waals surface area contributed by atoms with Gasteiger partial charge in [-0.3, -0.25) is 4.79 Å². The first-order chi connectivity index (χ1) is 14.5. The van der Waals surface area contributed by atoms with Crippen LogP contribution in [0.15, 0.2) is 83.8 Å². The van der Waals surface area contributed by atoms with E-state index < -0.39 is 10.0 Å². The van der Waals surface area contributed by atoms with Crippen molar-refractivity contribution in [3.05, 3.63) is 95.6 Å². The molecule has 156 valence electrons. The lowest BCUT2D eigenvalue weighted by Crippen LogP contribution is -2.27. The molecule has 0 atom stereocenters. The Balaban J connectivity index is 1.71. The number of rotatable bonds is 9. The largest absolute Gasteiger partial charge is 0.495 e.